The highest BCUT2D eigenvalue weighted by atomic mass is 79.9. The van der Waals surface area contributed by atoms with Gasteiger partial charge in [0.2, 0.25) is 15.9 Å². The third-order valence-electron chi connectivity index (χ3n) is 6.83. The molecule has 0 spiro atoms. The van der Waals surface area contributed by atoms with E-state index < -0.39 is 56.1 Å². The fraction of sp³-hybridized carbons (Fsp3) is 0.500. The molecule has 1 fully saturated rings. The summed E-state index contributed by atoms with van der Waals surface area (Å²) in [5, 5.41) is 1.83. The van der Waals surface area contributed by atoms with E-state index in [9.17, 15) is 22.8 Å². The van der Waals surface area contributed by atoms with Gasteiger partial charge >= 0.3 is 12.2 Å². The number of hydrogen-bond acceptors (Lipinski definition) is 8. The number of amides is 2. The van der Waals surface area contributed by atoms with E-state index in [4.69, 9.17) is 14.5 Å². The Labute approximate surface area is 272 Å². The highest BCUT2D eigenvalue weighted by molar-refractivity contribution is 9.10. The molecule has 244 valence electrons. The number of alkyl carbamates (subject to hydrolysis) is 1. The second-order valence-electron chi connectivity index (χ2n) is 14.1. The molecule has 1 N–H and O–H groups in total. The molecule has 4 rings (SSSR count). The van der Waals surface area contributed by atoms with Crippen molar-refractivity contribution in [3.8, 4) is 0 Å². The number of para-hydroxylation sites is 2. The van der Waals surface area contributed by atoms with Crippen LogP contribution in [0.2, 0.25) is 0 Å². The number of fused-ring (bicyclic) bond motifs is 1. The first-order valence-corrected chi connectivity index (χ1v) is 16.9. The van der Waals surface area contributed by atoms with Gasteiger partial charge in [0.15, 0.2) is 0 Å². The quantitative estimate of drug-likeness (QED) is 0.307. The fourth-order valence-corrected chi connectivity index (χ4v) is 8.38. The Morgan fingerprint density at radius 3 is 2.18 bits per heavy atom. The molecule has 1 aliphatic rings. The molecule has 2 heterocycles. The van der Waals surface area contributed by atoms with Crippen LogP contribution in [0.15, 0.2) is 46.9 Å². The van der Waals surface area contributed by atoms with Gasteiger partial charge in [-0.15, -0.1) is 0 Å². The molecule has 0 aliphatic carbocycles. The molecule has 1 unspecified atom stereocenters. The molecule has 1 aromatic heterocycles. The van der Waals surface area contributed by atoms with Crippen LogP contribution < -0.4 is 5.32 Å². The van der Waals surface area contributed by atoms with Crippen molar-refractivity contribution in [3.05, 3.63) is 63.9 Å². The van der Waals surface area contributed by atoms with Gasteiger partial charge in [-0.05, 0) is 91.6 Å². The maximum atomic E-state index is 13.5. The molecule has 45 heavy (non-hydrogen) atoms. The molecule has 11 nitrogen and oxygen atoms in total. The summed E-state index contributed by atoms with van der Waals surface area (Å²) < 4.78 is 41.0. The second kappa shape index (κ2) is 12.1. The van der Waals surface area contributed by atoms with Gasteiger partial charge in [-0.1, -0.05) is 40.2 Å². The van der Waals surface area contributed by atoms with E-state index in [0.717, 1.165) is 4.31 Å². The van der Waals surface area contributed by atoms with E-state index in [1.807, 2.05) is 0 Å². The standard InChI is InChI=1S/C32H41BrN4O7S/c1-30(2,3)37-26(38)18-25(45(37,41)42)20-15-14-19(16-21(20)33)17-23(35-28(39)43-31(4,5)6)27-34-22-12-10-11-13-24(22)36(27)29(40)44-32(7,8)9/h10-16,23,25H,17-18H2,1-9H3,(H,35,39)/t23-,25?/m0/s1. The first-order valence-electron chi connectivity index (χ1n) is 14.6. The zero-order valence-corrected chi connectivity index (χ0v) is 29.5. The maximum absolute atomic E-state index is 13.5. The number of carbonyl (C=O) groups is 3. The van der Waals surface area contributed by atoms with Crippen molar-refractivity contribution in [2.45, 2.75) is 103 Å². The van der Waals surface area contributed by atoms with Crippen LogP contribution in [0.5, 0.6) is 0 Å². The molecule has 2 atom stereocenters. The maximum Gasteiger partial charge on any atom is 0.420 e. The molecular formula is C32H41BrN4O7S. The van der Waals surface area contributed by atoms with Gasteiger partial charge in [-0.3, -0.25) is 4.79 Å². The summed E-state index contributed by atoms with van der Waals surface area (Å²) in [6, 6.07) is 11.4. The van der Waals surface area contributed by atoms with Gasteiger partial charge in [-0.2, -0.15) is 0 Å². The van der Waals surface area contributed by atoms with Gasteiger partial charge in [-0.25, -0.2) is 31.9 Å². The van der Waals surface area contributed by atoms with Gasteiger partial charge in [0, 0.05) is 10.9 Å². The number of nitrogens with zero attached hydrogens (tertiary/aromatic N) is 3. The first-order chi connectivity index (χ1) is 20.6. The summed E-state index contributed by atoms with van der Waals surface area (Å²) in [6.45, 7) is 15.6. The van der Waals surface area contributed by atoms with Crippen molar-refractivity contribution in [1.82, 2.24) is 19.2 Å². The van der Waals surface area contributed by atoms with Gasteiger partial charge < -0.3 is 14.8 Å². The van der Waals surface area contributed by atoms with Gasteiger partial charge in [0.05, 0.1) is 29.0 Å². The van der Waals surface area contributed by atoms with E-state index in [2.05, 4.69) is 21.2 Å². The van der Waals surface area contributed by atoms with Crippen LogP contribution in [-0.2, 0) is 30.7 Å². The van der Waals surface area contributed by atoms with Crippen molar-refractivity contribution < 1.29 is 32.3 Å². The predicted octanol–water partition coefficient (Wildman–Crippen LogP) is 6.79. The van der Waals surface area contributed by atoms with Crippen LogP contribution in [0.4, 0.5) is 9.59 Å². The minimum atomic E-state index is -3.95. The van der Waals surface area contributed by atoms with Crippen molar-refractivity contribution in [2.75, 3.05) is 0 Å². The van der Waals surface area contributed by atoms with Crippen LogP contribution in [-0.4, -0.2) is 57.1 Å². The molecule has 0 saturated carbocycles. The molecule has 2 amide bonds. The van der Waals surface area contributed by atoms with Crippen LogP contribution in [0.25, 0.3) is 11.0 Å². The number of imidazole rings is 1. The Morgan fingerprint density at radius 2 is 1.62 bits per heavy atom. The highest BCUT2D eigenvalue weighted by Crippen LogP contribution is 2.43. The number of ether oxygens (including phenoxy) is 2. The number of rotatable bonds is 5. The number of sulfonamides is 1. The lowest BCUT2D eigenvalue weighted by Gasteiger charge is -2.31. The van der Waals surface area contributed by atoms with Crippen molar-refractivity contribution in [1.29, 1.82) is 0 Å². The Kier molecular flexibility index (Phi) is 9.22. The number of carbonyl (C=O) groups excluding carboxylic acids is 3. The minimum Gasteiger partial charge on any atom is -0.444 e. The summed E-state index contributed by atoms with van der Waals surface area (Å²) in [5.74, 6) is -0.215. The van der Waals surface area contributed by atoms with Crippen LogP contribution in [0.1, 0.15) is 97.0 Å². The first kappa shape index (κ1) is 34.4. The van der Waals surface area contributed by atoms with E-state index in [1.165, 1.54) is 4.57 Å². The summed E-state index contributed by atoms with van der Waals surface area (Å²) in [4.78, 5) is 44.1. The molecule has 0 bridgehead atoms. The number of nitrogens with one attached hydrogen (secondary N) is 1. The van der Waals surface area contributed by atoms with Crippen molar-refractivity contribution in [3.63, 3.8) is 0 Å². The van der Waals surface area contributed by atoms with Gasteiger partial charge in [0.1, 0.15) is 22.3 Å². The van der Waals surface area contributed by atoms with Crippen molar-refractivity contribution >= 4 is 55.1 Å². The third-order valence-corrected chi connectivity index (χ3v) is 9.91. The van der Waals surface area contributed by atoms with Crippen molar-refractivity contribution in [2.24, 2.45) is 0 Å². The largest absolute Gasteiger partial charge is 0.444 e. The molecule has 2 aromatic carbocycles. The molecule has 13 heteroatoms. The minimum absolute atomic E-state index is 0.161. The Morgan fingerprint density at radius 1 is 1.00 bits per heavy atom. The summed E-state index contributed by atoms with van der Waals surface area (Å²) in [7, 11) is -3.95. The lowest BCUT2D eigenvalue weighted by molar-refractivity contribution is -0.128. The second-order valence-corrected chi connectivity index (χ2v) is 16.9. The molecule has 0 radical (unpaired) electrons. The zero-order chi connectivity index (χ0) is 33.7. The number of halogens is 1. The molecule has 1 saturated heterocycles. The number of benzene rings is 2. The third kappa shape index (κ3) is 7.69. The average molecular weight is 706 g/mol. The summed E-state index contributed by atoms with van der Waals surface area (Å²) >= 11 is 3.53. The number of hydrogen-bond donors (Lipinski definition) is 1. The summed E-state index contributed by atoms with van der Waals surface area (Å²) in [6.07, 6.45) is -1.36. The molecular weight excluding hydrogens is 664 g/mol. The van der Waals surface area contributed by atoms with E-state index in [1.54, 1.807) is 105 Å². The smallest absolute Gasteiger partial charge is 0.420 e. The topological polar surface area (TPSA) is 137 Å². The number of aromatic nitrogens is 2. The van der Waals surface area contributed by atoms with Crippen LogP contribution >= 0.6 is 15.9 Å². The van der Waals surface area contributed by atoms with Crippen LogP contribution in [0, 0.1) is 0 Å². The Balaban J connectivity index is 1.76. The predicted molar refractivity (Wildman–Crippen MR) is 174 cm³/mol. The average Bonchev–Trinajstić information content (AvgIpc) is 3.35. The lowest BCUT2D eigenvalue weighted by Crippen LogP contribution is -2.45. The Bertz CT molecular complexity index is 1750. The van der Waals surface area contributed by atoms with Gasteiger partial charge in [0.25, 0.3) is 0 Å². The van der Waals surface area contributed by atoms with E-state index in [0.29, 0.717) is 26.6 Å². The summed E-state index contributed by atoms with van der Waals surface area (Å²) in [5.41, 5.74) is -0.272. The Hall–Kier alpha value is -3.45. The monoisotopic (exact) mass is 704 g/mol. The highest BCUT2D eigenvalue weighted by Gasteiger charge is 2.50. The fourth-order valence-electron chi connectivity index (χ4n) is 5.27. The SMILES string of the molecule is CC(C)(C)OC(=O)N[C@@H](Cc1ccc(C2CC(=O)N(C(C)(C)C)S2(=O)=O)c(Br)c1)c1nc2ccccc2n1C(=O)OC(C)(C)C. The van der Waals surface area contributed by atoms with Crippen LogP contribution in [0.3, 0.4) is 0 Å². The molecule has 1 aliphatic heterocycles. The van der Waals surface area contributed by atoms with E-state index in [-0.39, 0.29) is 18.7 Å². The normalized spacial score (nSPS) is 17.8. The lowest BCUT2D eigenvalue weighted by atomic mass is 10.0. The van der Waals surface area contributed by atoms with E-state index >= 15 is 0 Å². The molecule has 3 aromatic rings. The zero-order valence-electron chi connectivity index (χ0n) is 27.1.